The van der Waals surface area contributed by atoms with E-state index < -0.39 is 7.82 Å². The van der Waals surface area contributed by atoms with E-state index in [0.29, 0.717) is 6.42 Å². The second-order valence-corrected chi connectivity index (χ2v) is 7.76. The average molecular weight is 404 g/mol. The molecule has 0 saturated carbocycles. The molecule has 0 radical (unpaired) electrons. The second kappa shape index (κ2) is 18.4. The Labute approximate surface area is 164 Å². The van der Waals surface area contributed by atoms with Gasteiger partial charge in [0.25, 0.3) is 0 Å². The number of carbonyl (C=O) groups is 1. The van der Waals surface area contributed by atoms with Crippen LogP contribution in [0.5, 0.6) is 0 Å². The zero-order valence-electron chi connectivity index (χ0n) is 16.7. The first-order valence-electron chi connectivity index (χ1n) is 10.1. The van der Waals surface area contributed by atoms with Crippen LogP contribution in [0, 0.1) is 0 Å². The molecule has 0 aromatic carbocycles. The van der Waals surface area contributed by atoms with Crippen molar-refractivity contribution in [3.8, 4) is 0 Å². The molecule has 0 bridgehead atoms. The minimum Gasteiger partial charge on any atom is -0.463 e. The molecule has 27 heavy (non-hydrogen) atoms. The minimum atomic E-state index is -4.48. The molecule has 7 heteroatoms. The van der Waals surface area contributed by atoms with Crippen molar-refractivity contribution in [3.63, 3.8) is 0 Å². The molecule has 0 amide bonds. The van der Waals surface area contributed by atoms with E-state index in [2.05, 4.69) is 35.8 Å². The fourth-order valence-corrected chi connectivity index (χ4v) is 2.78. The Kier molecular flexibility index (Phi) is 17.8. The quantitative estimate of drug-likeness (QED) is 0.136. The van der Waals surface area contributed by atoms with Gasteiger partial charge in [0.15, 0.2) is 0 Å². The Balaban J connectivity index is 3.33. The van der Waals surface area contributed by atoms with Crippen LogP contribution in [0.25, 0.3) is 0 Å². The molecule has 0 spiro atoms. The van der Waals surface area contributed by atoms with Crippen molar-refractivity contribution in [2.75, 3.05) is 13.2 Å². The van der Waals surface area contributed by atoms with Crippen LogP contribution >= 0.6 is 7.82 Å². The van der Waals surface area contributed by atoms with Gasteiger partial charge < -0.3 is 14.5 Å². The van der Waals surface area contributed by atoms with Gasteiger partial charge in [-0.1, -0.05) is 63.3 Å². The zero-order valence-corrected chi connectivity index (χ0v) is 17.6. The normalized spacial score (nSPS) is 12.3. The van der Waals surface area contributed by atoms with Gasteiger partial charge in [0, 0.05) is 6.42 Å². The Morgan fingerprint density at radius 1 is 0.852 bits per heavy atom. The van der Waals surface area contributed by atoms with Crippen molar-refractivity contribution < 1.29 is 28.4 Å². The van der Waals surface area contributed by atoms with Gasteiger partial charge in [-0.2, -0.15) is 0 Å². The molecule has 6 nitrogen and oxygen atoms in total. The summed E-state index contributed by atoms with van der Waals surface area (Å²) >= 11 is 0. The Bertz CT molecular complexity index is 455. The van der Waals surface area contributed by atoms with Crippen LogP contribution in [0.15, 0.2) is 24.3 Å². The van der Waals surface area contributed by atoms with Crippen LogP contribution in [-0.4, -0.2) is 29.0 Å². The van der Waals surface area contributed by atoms with Crippen LogP contribution in [0.1, 0.15) is 84.0 Å². The molecular weight excluding hydrogens is 367 g/mol. The third kappa shape index (κ3) is 23.0. The van der Waals surface area contributed by atoms with Gasteiger partial charge in [0.2, 0.25) is 0 Å². The van der Waals surface area contributed by atoms with Crippen LogP contribution in [-0.2, 0) is 18.6 Å². The fourth-order valence-electron chi connectivity index (χ4n) is 2.46. The number of hydrogen-bond donors (Lipinski definition) is 2. The number of rotatable bonds is 18. The Morgan fingerprint density at radius 2 is 1.44 bits per heavy atom. The summed E-state index contributed by atoms with van der Waals surface area (Å²) in [5, 5.41) is 0. The average Bonchev–Trinajstić information content (AvgIpc) is 2.61. The maximum atomic E-state index is 11.4. The first-order valence-corrected chi connectivity index (χ1v) is 11.6. The standard InChI is InChI=1S/C20H37O6P/c1-2-3-4-5-6-7-8-9-10-11-12-13-14-15-16-17-20(21)25-18-19-26-27(22,23)24/h6-7,9-10H,2-5,8,11-19H2,1H3,(H2,22,23,24)/b7-6-,10-9-. The van der Waals surface area contributed by atoms with Crippen LogP contribution in [0.4, 0.5) is 0 Å². The highest BCUT2D eigenvalue weighted by Gasteiger charge is 2.13. The molecule has 2 N–H and O–H groups in total. The van der Waals surface area contributed by atoms with Crippen molar-refractivity contribution in [1.29, 1.82) is 0 Å². The maximum absolute atomic E-state index is 11.4. The van der Waals surface area contributed by atoms with Crippen molar-refractivity contribution in [2.24, 2.45) is 0 Å². The molecular formula is C20H37O6P. The predicted octanol–water partition coefficient (Wildman–Crippen LogP) is 5.45. The SMILES string of the molecule is CCCCC/C=C\C/C=C\CCCCCCCC(=O)OCCOP(=O)(O)O. The minimum absolute atomic E-state index is 0.135. The van der Waals surface area contributed by atoms with Gasteiger partial charge in [-0.15, -0.1) is 0 Å². The molecule has 0 aromatic rings. The highest BCUT2D eigenvalue weighted by molar-refractivity contribution is 7.46. The highest BCUT2D eigenvalue weighted by atomic mass is 31.2. The van der Waals surface area contributed by atoms with Crippen molar-refractivity contribution in [3.05, 3.63) is 24.3 Å². The molecule has 0 rings (SSSR count). The summed E-state index contributed by atoms with van der Waals surface area (Å²) < 4.78 is 19.5. The summed E-state index contributed by atoms with van der Waals surface area (Å²) in [6, 6.07) is 0. The molecule has 0 aromatic heterocycles. The molecule has 0 unspecified atom stereocenters. The largest absolute Gasteiger partial charge is 0.469 e. The highest BCUT2D eigenvalue weighted by Crippen LogP contribution is 2.35. The lowest BCUT2D eigenvalue weighted by Gasteiger charge is -2.06. The lowest BCUT2D eigenvalue weighted by Crippen LogP contribution is -2.09. The summed E-state index contributed by atoms with van der Waals surface area (Å²) in [6.45, 7) is 1.79. The summed E-state index contributed by atoms with van der Waals surface area (Å²) in [5.74, 6) is -0.352. The van der Waals surface area contributed by atoms with E-state index in [0.717, 1.165) is 38.5 Å². The van der Waals surface area contributed by atoms with E-state index in [-0.39, 0.29) is 19.2 Å². The molecule has 0 aliphatic rings. The van der Waals surface area contributed by atoms with E-state index in [4.69, 9.17) is 14.5 Å². The number of phosphoric acid groups is 1. The van der Waals surface area contributed by atoms with E-state index in [9.17, 15) is 9.36 Å². The third-order valence-electron chi connectivity index (χ3n) is 3.94. The molecule has 0 heterocycles. The number of esters is 1. The third-order valence-corrected chi connectivity index (χ3v) is 4.46. The summed E-state index contributed by atoms with van der Waals surface area (Å²) in [7, 11) is -4.48. The van der Waals surface area contributed by atoms with Gasteiger partial charge >= 0.3 is 13.8 Å². The molecule has 0 fully saturated rings. The number of carbonyl (C=O) groups excluding carboxylic acids is 1. The fraction of sp³-hybridized carbons (Fsp3) is 0.750. The monoisotopic (exact) mass is 404 g/mol. The van der Waals surface area contributed by atoms with Gasteiger partial charge in [-0.25, -0.2) is 4.57 Å². The van der Waals surface area contributed by atoms with Gasteiger partial charge in [-0.3, -0.25) is 9.32 Å². The molecule has 158 valence electrons. The summed E-state index contributed by atoms with van der Waals surface area (Å²) in [6.07, 6.45) is 21.7. The Morgan fingerprint density at radius 3 is 2.07 bits per heavy atom. The topological polar surface area (TPSA) is 93.1 Å². The van der Waals surface area contributed by atoms with E-state index in [1.54, 1.807) is 0 Å². The van der Waals surface area contributed by atoms with E-state index in [1.807, 2.05) is 0 Å². The second-order valence-electron chi connectivity index (χ2n) is 6.53. The number of unbranched alkanes of at least 4 members (excludes halogenated alkanes) is 8. The lowest BCUT2D eigenvalue weighted by atomic mass is 10.1. The van der Waals surface area contributed by atoms with Gasteiger partial charge in [-0.05, 0) is 38.5 Å². The molecule has 0 aliphatic carbocycles. The van der Waals surface area contributed by atoms with Gasteiger partial charge in [0.1, 0.15) is 6.61 Å². The van der Waals surface area contributed by atoms with Gasteiger partial charge in [0.05, 0.1) is 6.61 Å². The number of ether oxygens (including phenoxy) is 1. The van der Waals surface area contributed by atoms with Crippen molar-refractivity contribution in [1.82, 2.24) is 0 Å². The van der Waals surface area contributed by atoms with E-state index >= 15 is 0 Å². The number of phosphoric ester groups is 1. The van der Waals surface area contributed by atoms with E-state index in [1.165, 1.54) is 32.1 Å². The molecule has 0 aliphatic heterocycles. The maximum Gasteiger partial charge on any atom is 0.469 e. The van der Waals surface area contributed by atoms with Crippen LogP contribution in [0.2, 0.25) is 0 Å². The predicted molar refractivity (Wildman–Crippen MR) is 108 cm³/mol. The van der Waals surface area contributed by atoms with Crippen molar-refractivity contribution >= 4 is 13.8 Å². The first kappa shape index (κ1) is 26.1. The number of hydrogen-bond acceptors (Lipinski definition) is 4. The van der Waals surface area contributed by atoms with Crippen molar-refractivity contribution in [2.45, 2.75) is 84.0 Å². The number of allylic oxidation sites excluding steroid dienone is 4. The summed E-state index contributed by atoms with van der Waals surface area (Å²) in [4.78, 5) is 28.4. The first-order chi connectivity index (χ1) is 13.0. The van der Waals surface area contributed by atoms with Crippen LogP contribution < -0.4 is 0 Å². The van der Waals surface area contributed by atoms with Crippen LogP contribution in [0.3, 0.4) is 0 Å². The lowest BCUT2D eigenvalue weighted by molar-refractivity contribution is -0.144. The molecule has 0 atom stereocenters. The zero-order chi connectivity index (χ0) is 20.2. The molecule has 0 saturated heterocycles. The summed E-state index contributed by atoms with van der Waals surface area (Å²) in [5.41, 5.74) is 0. The smallest absolute Gasteiger partial charge is 0.463 e. The Hall–Kier alpha value is -0.940.